The summed E-state index contributed by atoms with van der Waals surface area (Å²) in [6.45, 7) is 2.22. The minimum absolute atomic E-state index is 0.503. The van der Waals surface area contributed by atoms with Crippen LogP contribution in [-0.4, -0.2) is 21.4 Å². The van der Waals surface area contributed by atoms with Crippen LogP contribution in [-0.2, 0) is 13.1 Å². The van der Waals surface area contributed by atoms with E-state index in [0.717, 1.165) is 30.8 Å². The highest BCUT2D eigenvalue weighted by Crippen LogP contribution is 2.10. The van der Waals surface area contributed by atoms with Gasteiger partial charge in [-0.15, -0.1) is 0 Å². The van der Waals surface area contributed by atoms with Gasteiger partial charge in [-0.2, -0.15) is 5.26 Å². The zero-order valence-corrected chi connectivity index (χ0v) is 11.2. The first kappa shape index (κ1) is 14.0. The molecule has 0 amide bonds. The highest BCUT2D eigenvalue weighted by molar-refractivity contribution is 5.29. The number of nitrogens with zero attached hydrogens (tertiary/aromatic N) is 4. The summed E-state index contributed by atoms with van der Waals surface area (Å²) in [4.78, 5) is 10.4. The predicted molar refractivity (Wildman–Crippen MR) is 77.2 cm³/mol. The monoisotopic (exact) mass is 267 g/mol. The summed E-state index contributed by atoms with van der Waals surface area (Å²) in [7, 11) is 0. The molecule has 5 heteroatoms. The number of aromatic nitrogens is 2. The molecule has 0 saturated heterocycles. The highest BCUT2D eigenvalue weighted by Gasteiger charge is 2.07. The van der Waals surface area contributed by atoms with Crippen molar-refractivity contribution in [3.05, 3.63) is 54.0 Å². The number of rotatable bonds is 6. The van der Waals surface area contributed by atoms with Crippen molar-refractivity contribution in [2.75, 3.05) is 12.3 Å². The number of nitriles is 1. The SMILES string of the molecule is N#CCCN(Cc1cccnc1)Cc1ccc(N)nc1. The average Bonchev–Trinajstić information content (AvgIpc) is 2.48. The minimum Gasteiger partial charge on any atom is -0.384 e. The number of nitrogen functional groups attached to an aromatic ring is 1. The van der Waals surface area contributed by atoms with Crippen LogP contribution in [0.5, 0.6) is 0 Å². The summed E-state index contributed by atoms with van der Waals surface area (Å²) in [5.41, 5.74) is 7.80. The summed E-state index contributed by atoms with van der Waals surface area (Å²) in [5, 5.41) is 8.77. The maximum absolute atomic E-state index is 8.77. The summed E-state index contributed by atoms with van der Waals surface area (Å²) in [5.74, 6) is 0.518. The molecule has 0 radical (unpaired) electrons. The molecule has 2 rings (SSSR count). The Morgan fingerprint density at radius 3 is 2.55 bits per heavy atom. The Kier molecular flexibility index (Phi) is 5.04. The lowest BCUT2D eigenvalue weighted by Gasteiger charge is -2.21. The molecule has 0 aliphatic carbocycles. The molecule has 0 saturated carbocycles. The molecule has 102 valence electrons. The predicted octanol–water partition coefficient (Wildman–Crippen LogP) is 1.97. The first-order valence-corrected chi connectivity index (χ1v) is 6.46. The van der Waals surface area contributed by atoms with E-state index in [9.17, 15) is 0 Å². The van der Waals surface area contributed by atoms with Gasteiger partial charge < -0.3 is 5.73 Å². The lowest BCUT2D eigenvalue weighted by Crippen LogP contribution is -2.24. The van der Waals surface area contributed by atoms with Crippen LogP contribution < -0.4 is 5.73 Å². The summed E-state index contributed by atoms with van der Waals surface area (Å²) in [6.07, 6.45) is 5.88. The van der Waals surface area contributed by atoms with Gasteiger partial charge in [0.1, 0.15) is 5.82 Å². The number of hydrogen-bond acceptors (Lipinski definition) is 5. The van der Waals surface area contributed by atoms with Crippen molar-refractivity contribution < 1.29 is 0 Å². The Labute approximate surface area is 118 Å². The summed E-state index contributed by atoms with van der Waals surface area (Å²) in [6, 6.07) is 9.90. The highest BCUT2D eigenvalue weighted by atomic mass is 15.1. The molecule has 2 aromatic rings. The van der Waals surface area contributed by atoms with Crippen molar-refractivity contribution in [1.29, 1.82) is 5.26 Å². The Hall–Kier alpha value is -2.45. The number of pyridine rings is 2. The smallest absolute Gasteiger partial charge is 0.123 e. The lowest BCUT2D eigenvalue weighted by molar-refractivity contribution is 0.262. The number of hydrogen-bond donors (Lipinski definition) is 1. The van der Waals surface area contributed by atoms with Crippen LogP contribution in [0.15, 0.2) is 42.9 Å². The fourth-order valence-electron chi connectivity index (χ4n) is 1.96. The van der Waals surface area contributed by atoms with Crippen molar-refractivity contribution in [1.82, 2.24) is 14.9 Å². The van der Waals surface area contributed by atoms with Crippen molar-refractivity contribution >= 4 is 5.82 Å². The van der Waals surface area contributed by atoms with E-state index in [1.54, 1.807) is 18.5 Å². The minimum atomic E-state index is 0.503. The quantitative estimate of drug-likeness (QED) is 0.865. The van der Waals surface area contributed by atoms with E-state index in [2.05, 4.69) is 20.9 Å². The second-order valence-electron chi connectivity index (χ2n) is 4.57. The number of nitrogens with two attached hydrogens (primary N) is 1. The van der Waals surface area contributed by atoms with E-state index in [0.29, 0.717) is 12.2 Å². The van der Waals surface area contributed by atoms with E-state index >= 15 is 0 Å². The molecule has 20 heavy (non-hydrogen) atoms. The van der Waals surface area contributed by atoms with Crippen LogP contribution >= 0.6 is 0 Å². The fourth-order valence-corrected chi connectivity index (χ4v) is 1.96. The molecular formula is C15H17N5. The van der Waals surface area contributed by atoms with Gasteiger partial charge in [0.25, 0.3) is 0 Å². The Morgan fingerprint density at radius 2 is 1.95 bits per heavy atom. The van der Waals surface area contributed by atoms with E-state index < -0.39 is 0 Å². The van der Waals surface area contributed by atoms with Gasteiger partial charge in [-0.1, -0.05) is 12.1 Å². The molecule has 0 bridgehead atoms. The van der Waals surface area contributed by atoms with Gasteiger partial charge in [-0.25, -0.2) is 4.98 Å². The zero-order chi connectivity index (χ0) is 14.2. The molecule has 0 unspecified atom stereocenters. The van der Waals surface area contributed by atoms with Gasteiger partial charge in [0.2, 0.25) is 0 Å². The van der Waals surface area contributed by atoms with Crippen molar-refractivity contribution in [3.63, 3.8) is 0 Å². The third kappa shape index (κ3) is 4.34. The van der Waals surface area contributed by atoms with Crippen LogP contribution in [0, 0.1) is 11.3 Å². The van der Waals surface area contributed by atoms with Crippen LogP contribution in [0.4, 0.5) is 5.82 Å². The largest absolute Gasteiger partial charge is 0.384 e. The van der Waals surface area contributed by atoms with Gasteiger partial charge in [-0.3, -0.25) is 9.88 Å². The Bertz CT molecular complexity index is 559. The molecule has 0 aliphatic rings. The number of anilines is 1. The molecule has 0 fully saturated rings. The van der Waals surface area contributed by atoms with Gasteiger partial charge in [0, 0.05) is 44.6 Å². The normalized spacial score (nSPS) is 10.4. The van der Waals surface area contributed by atoms with Gasteiger partial charge >= 0.3 is 0 Å². The first-order chi connectivity index (χ1) is 9.78. The van der Waals surface area contributed by atoms with Crippen LogP contribution in [0.25, 0.3) is 0 Å². The van der Waals surface area contributed by atoms with Crippen LogP contribution in [0.2, 0.25) is 0 Å². The van der Waals surface area contributed by atoms with Crippen LogP contribution in [0.1, 0.15) is 17.5 Å². The molecule has 0 aromatic carbocycles. The molecule has 0 spiro atoms. The maximum Gasteiger partial charge on any atom is 0.123 e. The summed E-state index contributed by atoms with van der Waals surface area (Å²) < 4.78 is 0. The van der Waals surface area contributed by atoms with E-state index in [1.165, 1.54) is 0 Å². The zero-order valence-electron chi connectivity index (χ0n) is 11.2. The van der Waals surface area contributed by atoms with Crippen molar-refractivity contribution in [3.8, 4) is 6.07 Å². The summed E-state index contributed by atoms with van der Waals surface area (Å²) >= 11 is 0. The molecular weight excluding hydrogens is 250 g/mol. The van der Waals surface area contributed by atoms with Gasteiger partial charge in [0.05, 0.1) is 6.07 Å². The van der Waals surface area contributed by atoms with Crippen molar-refractivity contribution in [2.24, 2.45) is 0 Å². The van der Waals surface area contributed by atoms with Gasteiger partial charge in [-0.05, 0) is 23.3 Å². The topological polar surface area (TPSA) is 78.8 Å². The van der Waals surface area contributed by atoms with E-state index in [1.807, 2.05) is 24.4 Å². The first-order valence-electron chi connectivity index (χ1n) is 6.46. The second kappa shape index (κ2) is 7.22. The lowest BCUT2D eigenvalue weighted by atomic mass is 10.2. The third-order valence-electron chi connectivity index (χ3n) is 2.92. The molecule has 0 atom stereocenters. The fraction of sp³-hybridized carbons (Fsp3) is 0.267. The van der Waals surface area contributed by atoms with Crippen LogP contribution in [0.3, 0.4) is 0 Å². The Balaban J connectivity index is 2.03. The van der Waals surface area contributed by atoms with Gasteiger partial charge in [0.15, 0.2) is 0 Å². The van der Waals surface area contributed by atoms with E-state index in [4.69, 9.17) is 11.0 Å². The Morgan fingerprint density at radius 1 is 1.15 bits per heavy atom. The second-order valence-corrected chi connectivity index (χ2v) is 4.57. The average molecular weight is 267 g/mol. The molecule has 5 nitrogen and oxygen atoms in total. The molecule has 2 aromatic heterocycles. The molecule has 2 heterocycles. The molecule has 2 N–H and O–H groups in total. The third-order valence-corrected chi connectivity index (χ3v) is 2.92. The maximum atomic E-state index is 8.77. The van der Waals surface area contributed by atoms with E-state index in [-0.39, 0.29) is 0 Å². The van der Waals surface area contributed by atoms with Crippen molar-refractivity contribution in [2.45, 2.75) is 19.5 Å². The standard InChI is InChI=1S/C15H17N5/c16-6-2-8-20(11-13-3-1-7-18-9-13)12-14-4-5-15(17)19-10-14/h1,3-5,7,9-10H,2,8,11-12H2,(H2,17,19). The molecule has 0 aliphatic heterocycles.